The van der Waals surface area contributed by atoms with Gasteiger partial charge in [0.05, 0.1) is 6.26 Å². The molecule has 0 spiro atoms. The first-order valence-electron chi connectivity index (χ1n) is 9.82. The van der Waals surface area contributed by atoms with Crippen molar-refractivity contribution in [1.82, 2.24) is 10.3 Å². The zero-order valence-corrected chi connectivity index (χ0v) is 17.9. The monoisotopic (exact) mass is 431 g/mol. The Hall–Kier alpha value is -3.71. The fourth-order valence-corrected chi connectivity index (χ4v) is 3.20. The second-order valence-electron chi connectivity index (χ2n) is 7.27. The van der Waals surface area contributed by atoms with E-state index in [4.69, 9.17) is 21.1 Å². The van der Waals surface area contributed by atoms with Crippen LogP contribution in [-0.4, -0.2) is 16.0 Å². The van der Waals surface area contributed by atoms with Crippen LogP contribution in [0, 0.1) is 0 Å². The maximum atomic E-state index is 11.9. The number of furan rings is 1. The Bertz CT molecular complexity index is 1240. The van der Waals surface area contributed by atoms with Crippen molar-refractivity contribution in [2.45, 2.75) is 19.8 Å². The summed E-state index contributed by atoms with van der Waals surface area (Å²) in [5.74, 6) is 1.23. The second-order valence-corrected chi connectivity index (χ2v) is 7.68. The highest BCUT2D eigenvalue weighted by atomic mass is 32.1. The number of aromatic nitrogens is 1. The summed E-state index contributed by atoms with van der Waals surface area (Å²) in [6.45, 7) is 4.30. The fourth-order valence-electron chi connectivity index (χ4n) is 2.98. The molecule has 0 aliphatic carbocycles. The van der Waals surface area contributed by atoms with Crippen molar-refractivity contribution in [2.24, 2.45) is 0 Å². The number of carbonyl (C=O) groups is 1. The van der Waals surface area contributed by atoms with Crippen molar-refractivity contribution in [3.05, 3.63) is 78.3 Å². The number of hydrogen-bond acceptors (Lipinski definition) is 5. The molecule has 0 bridgehead atoms. The Kier molecular flexibility index (Phi) is 5.95. The highest BCUT2D eigenvalue weighted by Gasteiger charge is 2.10. The SMILES string of the molecule is CC(C)c1ccc2oc(-c3ccc(NC(=S)NC(=O)/C=C/c4ccco4)cc3)nc2c1. The molecule has 0 aliphatic rings. The minimum Gasteiger partial charge on any atom is -0.465 e. The maximum absolute atomic E-state index is 11.9. The lowest BCUT2D eigenvalue weighted by Crippen LogP contribution is -2.32. The summed E-state index contributed by atoms with van der Waals surface area (Å²) in [5.41, 5.74) is 4.41. The van der Waals surface area contributed by atoms with Crippen LogP contribution < -0.4 is 10.6 Å². The predicted octanol–water partition coefficient (Wildman–Crippen LogP) is 5.74. The standard InChI is InChI=1S/C24H21N3O3S/c1-15(2)17-7-11-21-20(14-17)26-23(30-21)16-5-8-18(9-6-16)25-24(31)27-22(28)12-10-19-4-3-13-29-19/h3-15H,1-2H3,(H2,25,27,28,31)/b12-10+. The minimum absolute atomic E-state index is 0.199. The molecular weight excluding hydrogens is 410 g/mol. The van der Waals surface area contributed by atoms with Gasteiger partial charge in [0, 0.05) is 17.3 Å². The summed E-state index contributed by atoms with van der Waals surface area (Å²) >= 11 is 5.20. The number of fused-ring (bicyclic) bond motifs is 1. The van der Waals surface area contributed by atoms with Crippen LogP contribution in [0.3, 0.4) is 0 Å². The highest BCUT2D eigenvalue weighted by Crippen LogP contribution is 2.27. The molecule has 2 aromatic carbocycles. The van der Waals surface area contributed by atoms with Gasteiger partial charge in [0.2, 0.25) is 11.8 Å². The Morgan fingerprint density at radius 1 is 1.13 bits per heavy atom. The number of carbonyl (C=O) groups excluding carboxylic acids is 1. The summed E-state index contributed by atoms with van der Waals surface area (Å²) in [5, 5.41) is 5.77. The van der Waals surface area contributed by atoms with E-state index in [1.807, 2.05) is 30.3 Å². The van der Waals surface area contributed by atoms with E-state index in [9.17, 15) is 4.79 Å². The van der Waals surface area contributed by atoms with E-state index < -0.39 is 0 Å². The molecule has 0 unspecified atom stereocenters. The third-order valence-corrected chi connectivity index (χ3v) is 4.85. The van der Waals surface area contributed by atoms with Gasteiger partial charge in [-0.1, -0.05) is 19.9 Å². The van der Waals surface area contributed by atoms with Crippen molar-refractivity contribution >= 4 is 46.1 Å². The number of hydrogen-bond donors (Lipinski definition) is 2. The van der Waals surface area contributed by atoms with Crippen LogP contribution in [0.5, 0.6) is 0 Å². The van der Waals surface area contributed by atoms with E-state index in [1.54, 1.807) is 18.2 Å². The molecule has 7 heteroatoms. The van der Waals surface area contributed by atoms with Gasteiger partial charge in [-0.3, -0.25) is 10.1 Å². The molecule has 0 radical (unpaired) electrons. The van der Waals surface area contributed by atoms with Crippen LogP contribution >= 0.6 is 12.2 Å². The summed E-state index contributed by atoms with van der Waals surface area (Å²) in [4.78, 5) is 16.6. The van der Waals surface area contributed by atoms with E-state index in [0.29, 0.717) is 17.6 Å². The lowest BCUT2D eigenvalue weighted by atomic mass is 10.0. The Balaban J connectivity index is 1.39. The minimum atomic E-state index is -0.349. The highest BCUT2D eigenvalue weighted by molar-refractivity contribution is 7.80. The number of nitrogens with one attached hydrogen (secondary N) is 2. The van der Waals surface area contributed by atoms with Gasteiger partial charge >= 0.3 is 0 Å². The molecule has 2 N–H and O–H groups in total. The molecule has 0 saturated heterocycles. The van der Waals surface area contributed by atoms with Crippen LogP contribution in [0.15, 0.2) is 75.8 Å². The van der Waals surface area contributed by atoms with Crippen molar-refractivity contribution in [3.8, 4) is 11.5 Å². The average molecular weight is 432 g/mol. The average Bonchev–Trinajstić information content (AvgIpc) is 3.41. The van der Waals surface area contributed by atoms with Gasteiger partial charge in [-0.15, -0.1) is 0 Å². The summed E-state index contributed by atoms with van der Waals surface area (Å²) < 4.78 is 11.0. The third-order valence-electron chi connectivity index (χ3n) is 4.65. The molecule has 4 aromatic rings. The van der Waals surface area contributed by atoms with Crippen LogP contribution in [0.4, 0.5) is 5.69 Å². The number of benzene rings is 2. The molecular formula is C24H21N3O3S. The first-order valence-corrected chi connectivity index (χ1v) is 10.2. The molecule has 1 amide bonds. The number of nitrogens with zero attached hydrogens (tertiary/aromatic N) is 1. The van der Waals surface area contributed by atoms with Crippen molar-refractivity contribution in [3.63, 3.8) is 0 Å². The van der Waals surface area contributed by atoms with Crippen molar-refractivity contribution in [1.29, 1.82) is 0 Å². The van der Waals surface area contributed by atoms with E-state index in [0.717, 1.165) is 22.4 Å². The Labute approximate surface area is 185 Å². The molecule has 0 fully saturated rings. The molecule has 31 heavy (non-hydrogen) atoms. The van der Waals surface area contributed by atoms with Gasteiger partial charge in [0.25, 0.3) is 0 Å². The summed E-state index contributed by atoms with van der Waals surface area (Å²) in [7, 11) is 0. The van der Waals surface area contributed by atoms with E-state index >= 15 is 0 Å². The molecule has 2 aromatic heterocycles. The largest absolute Gasteiger partial charge is 0.465 e. The van der Waals surface area contributed by atoms with Gasteiger partial charge < -0.3 is 14.2 Å². The van der Waals surface area contributed by atoms with Crippen LogP contribution in [0.2, 0.25) is 0 Å². The number of anilines is 1. The zero-order chi connectivity index (χ0) is 21.8. The lowest BCUT2D eigenvalue weighted by molar-refractivity contribution is -0.115. The van der Waals surface area contributed by atoms with Gasteiger partial charge in [0.15, 0.2) is 10.7 Å². The normalized spacial score (nSPS) is 11.3. The van der Waals surface area contributed by atoms with E-state index in [-0.39, 0.29) is 11.0 Å². The zero-order valence-electron chi connectivity index (χ0n) is 17.1. The first kappa shape index (κ1) is 20.6. The van der Waals surface area contributed by atoms with Crippen LogP contribution in [0.25, 0.3) is 28.6 Å². The predicted molar refractivity (Wildman–Crippen MR) is 126 cm³/mol. The van der Waals surface area contributed by atoms with Crippen LogP contribution in [0.1, 0.15) is 31.1 Å². The van der Waals surface area contributed by atoms with Crippen LogP contribution in [-0.2, 0) is 4.79 Å². The molecule has 4 rings (SSSR count). The molecule has 0 atom stereocenters. The quantitative estimate of drug-likeness (QED) is 0.310. The van der Waals surface area contributed by atoms with Crippen molar-refractivity contribution < 1.29 is 13.6 Å². The Morgan fingerprint density at radius 3 is 2.65 bits per heavy atom. The molecule has 6 nitrogen and oxygen atoms in total. The summed E-state index contributed by atoms with van der Waals surface area (Å²) in [6, 6.07) is 17.0. The molecule has 156 valence electrons. The van der Waals surface area contributed by atoms with Gasteiger partial charge in [-0.05, 0) is 78.3 Å². The van der Waals surface area contributed by atoms with Crippen molar-refractivity contribution in [2.75, 3.05) is 5.32 Å². The Morgan fingerprint density at radius 2 is 1.94 bits per heavy atom. The first-order chi connectivity index (χ1) is 15.0. The lowest BCUT2D eigenvalue weighted by Gasteiger charge is -2.08. The summed E-state index contributed by atoms with van der Waals surface area (Å²) in [6.07, 6.45) is 4.46. The maximum Gasteiger partial charge on any atom is 0.250 e. The fraction of sp³-hybridized carbons (Fsp3) is 0.125. The van der Waals surface area contributed by atoms with Gasteiger partial charge in [-0.2, -0.15) is 0 Å². The number of rotatable bonds is 5. The van der Waals surface area contributed by atoms with Gasteiger partial charge in [0.1, 0.15) is 11.3 Å². The number of oxazole rings is 1. The second kappa shape index (κ2) is 8.97. The molecule has 0 saturated carbocycles. The molecule has 0 aliphatic heterocycles. The smallest absolute Gasteiger partial charge is 0.250 e. The topological polar surface area (TPSA) is 80.3 Å². The number of amides is 1. The third kappa shape index (κ3) is 5.07. The number of thiocarbonyl (C=S) groups is 1. The van der Waals surface area contributed by atoms with Gasteiger partial charge in [-0.25, -0.2) is 4.98 Å². The molecule has 2 heterocycles. The van der Waals surface area contributed by atoms with E-state index in [2.05, 4.69) is 41.6 Å². The van der Waals surface area contributed by atoms with E-state index in [1.165, 1.54) is 17.9 Å².